The van der Waals surface area contributed by atoms with Crippen molar-refractivity contribution in [2.24, 2.45) is 11.8 Å². The van der Waals surface area contributed by atoms with Gasteiger partial charge in [-0.1, -0.05) is 13.8 Å². The molecule has 0 aliphatic rings. The van der Waals surface area contributed by atoms with Crippen LogP contribution in [-0.2, 0) is 9.53 Å². The third-order valence-electron chi connectivity index (χ3n) is 2.04. The highest BCUT2D eigenvalue weighted by molar-refractivity contribution is 5.75. The number of rotatable bonds is 7. The largest absolute Gasteiger partial charge is 0.378 e. The SMILES string of the molecule is CC(C)CCOC(C)CCC(=O)NN. The van der Waals surface area contributed by atoms with Crippen molar-refractivity contribution in [3.05, 3.63) is 0 Å². The summed E-state index contributed by atoms with van der Waals surface area (Å²) in [6, 6.07) is 0. The Morgan fingerprint density at radius 3 is 2.50 bits per heavy atom. The first-order chi connectivity index (χ1) is 6.56. The zero-order chi connectivity index (χ0) is 11.0. The van der Waals surface area contributed by atoms with E-state index in [2.05, 4.69) is 19.3 Å². The molecule has 1 amide bonds. The molecule has 1 atom stereocenters. The molecular weight excluding hydrogens is 180 g/mol. The van der Waals surface area contributed by atoms with Crippen LogP contribution in [-0.4, -0.2) is 18.6 Å². The molecule has 0 saturated carbocycles. The van der Waals surface area contributed by atoms with Gasteiger partial charge in [0, 0.05) is 13.0 Å². The Hall–Kier alpha value is -0.610. The van der Waals surface area contributed by atoms with Crippen LogP contribution in [0.4, 0.5) is 0 Å². The van der Waals surface area contributed by atoms with Crippen LogP contribution in [0.15, 0.2) is 0 Å². The number of hydrazine groups is 1. The molecule has 14 heavy (non-hydrogen) atoms. The first-order valence-electron chi connectivity index (χ1n) is 5.17. The lowest BCUT2D eigenvalue weighted by Gasteiger charge is -2.13. The molecule has 0 saturated heterocycles. The van der Waals surface area contributed by atoms with Crippen LogP contribution in [0.25, 0.3) is 0 Å². The highest BCUT2D eigenvalue weighted by Crippen LogP contribution is 2.05. The topological polar surface area (TPSA) is 64.3 Å². The van der Waals surface area contributed by atoms with Crippen LogP contribution in [0.2, 0.25) is 0 Å². The second-order valence-corrected chi connectivity index (χ2v) is 3.97. The van der Waals surface area contributed by atoms with Gasteiger partial charge in [-0.25, -0.2) is 5.84 Å². The van der Waals surface area contributed by atoms with Crippen LogP contribution >= 0.6 is 0 Å². The standard InChI is InChI=1S/C10H22N2O2/c1-8(2)6-7-14-9(3)4-5-10(13)12-11/h8-9H,4-7,11H2,1-3H3,(H,12,13). The van der Waals surface area contributed by atoms with E-state index in [1.807, 2.05) is 6.92 Å². The molecule has 0 aliphatic heterocycles. The van der Waals surface area contributed by atoms with Crippen LogP contribution < -0.4 is 11.3 Å². The molecule has 0 fully saturated rings. The van der Waals surface area contributed by atoms with Gasteiger partial charge in [-0.3, -0.25) is 10.2 Å². The molecule has 0 radical (unpaired) electrons. The van der Waals surface area contributed by atoms with Crippen molar-refractivity contribution >= 4 is 5.91 Å². The fourth-order valence-corrected chi connectivity index (χ4v) is 0.995. The number of carbonyl (C=O) groups excluding carboxylic acids is 1. The highest BCUT2D eigenvalue weighted by atomic mass is 16.5. The van der Waals surface area contributed by atoms with Gasteiger partial charge in [0.15, 0.2) is 0 Å². The third kappa shape index (κ3) is 8.01. The van der Waals surface area contributed by atoms with Crippen molar-refractivity contribution in [2.45, 2.75) is 46.1 Å². The molecule has 0 bridgehead atoms. The molecule has 0 heterocycles. The molecule has 0 spiro atoms. The minimum Gasteiger partial charge on any atom is -0.378 e. The summed E-state index contributed by atoms with van der Waals surface area (Å²) in [5.41, 5.74) is 2.10. The van der Waals surface area contributed by atoms with Gasteiger partial charge < -0.3 is 4.74 Å². The summed E-state index contributed by atoms with van der Waals surface area (Å²) in [5, 5.41) is 0. The fraction of sp³-hybridized carbons (Fsp3) is 0.900. The van der Waals surface area contributed by atoms with Crippen LogP contribution in [0.5, 0.6) is 0 Å². The summed E-state index contributed by atoms with van der Waals surface area (Å²) >= 11 is 0. The number of nitrogens with two attached hydrogens (primary N) is 1. The van der Waals surface area contributed by atoms with Gasteiger partial charge in [0.05, 0.1) is 6.10 Å². The van der Waals surface area contributed by atoms with Crippen molar-refractivity contribution in [2.75, 3.05) is 6.61 Å². The van der Waals surface area contributed by atoms with E-state index < -0.39 is 0 Å². The maximum absolute atomic E-state index is 10.8. The summed E-state index contributed by atoms with van der Waals surface area (Å²) in [5.74, 6) is 5.48. The number of nitrogens with one attached hydrogen (secondary N) is 1. The zero-order valence-electron chi connectivity index (χ0n) is 9.38. The van der Waals surface area contributed by atoms with Gasteiger partial charge in [-0.2, -0.15) is 0 Å². The first kappa shape index (κ1) is 13.4. The molecule has 0 aromatic heterocycles. The van der Waals surface area contributed by atoms with Crippen LogP contribution in [0, 0.1) is 5.92 Å². The molecule has 0 aliphatic carbocycles. The quantitative estimate of drug-likeness (QED) is 0.370. The summed E-state index contributed by atoms with van der Waals surface area (Å²) in [6.45, 7) is 7.07. The van der Waals surface area contributed by atoms with Gasteiger partial charge in [0.25, 0.3) is 0 Å². The van der Waals surface area contributed by atoms with Crippen molar-refractivity contribution in [3.8, 4) is 0 Å². The Bertz CT molecular complexity index is 160. The van der Waals surface area contributed by atoms with E-state index in [4.69, 9.17) is 10.6 Å². The third-order valence-corrected chi connectivity index (χ3v) is 2.04. The number of carbonyl (C=O) groups is 1. The summed E-state index contributed by atoms with van der Waals surface area (Å²) in [4.78, 5) is 10.8. The maximum atomic E-state index is 10.8. The Balaban J connectivity index is 3.36. The van der Waals surface area contributed by atoms with Gasteiger partial charge in [0.1, 0.15) is 0 Å². The number of hydrogen-bond acceptors (Lipinski definition) is 3. The van der Waals surface area contributed by atoms with Crippen molar-refractivity contribution in [3.63, 3.8) is 0 Å². The first-order valence-corrected chi connectivity index (χ1v) is 5.17. The molecule has 1 unspecified atom stereocenters. The molecular formula is C10H22N2O2. The van der Waals surface area contributed by atoms with Crippen LogP contribution in [0.1, 0.15) is 40.0 Å². The summed E-state index contributed by atoms with van der Waals surface area (Å²) < 4.78 is 5.53. The van der Waals surface area contributed by atoms with Gasteiger partial charge in [0.2, 0.25) is 5.91 Å². The molecule has 84 valence electrons. The Labute approximate surface area is 86.2 Å². The molecule has 4 nitrogen and oxygen atoms in total. The predicted molar refractivity (Wildman–Crippen MR) is 56.4 cm³/mol. The van der Waals surface area contributed by atoms with Gasteiger partial charge >= 0.3 is 0 Å². The Morgan fingerprint density at radius 1 is 1.36 bits per heavy atom. The van der Waals surface area contributed by atoms with E-state index >= 15 is 0 Å². The smallest absolute Gasteiger partial charge is 0.233 e. The van der Waals surface area contributed by atoms with Crippen molar-refractivity contribution < 1.29 is 9.53 Å². The molecule has 0 aromatic carbocycles. The molecule has 4 heteroatoms. The second kappa shape index (κ2) is 7.76. The fourth-order valence-electron chi connectivity index (χ4n) is 0.995. The molecule has 0 rings (SSSR count). The number of hydrogen-bond donors (Lipinski definition) is 2. The van der Waals surface area contributed by atoms with Crippen molar-refractivity contribution in [1.82, 2.24) is 5.43 Å². The maximum Gasteiger partial charge on any atom is 0.233 e. The monoisotopic (exact) mass is 202 g/mol. The predicted octanol–water partition coefficient (Wildman–Crippen LogP) is 1.21. The van der Waals surface area contributed by atoms with E-state index in [0.29, 0.717) is 12.3 Å². The second-order valence-electron chi connectivity index (χ2n) is 3.97. The summed E-state index contributed by atoms with van der Waals surface area (Å²) in [6.07, 6.45) is 2.35. The normalized spacial score (nSPS) is 12.9. The van der Waals surface area contributed by atoms with E-state index in [1.54, 1.807) is 0 Å². The van der Waals surface area contributed by atoms with Gasteiger partial charge in [-0.15, -0.1) is 0 Å². The highest BCUT2D eigenvalue weighted by Gasteiger charge is 2.05. The van der Waals surface area contributed by atoms with Crippen LogP contribution in [0.3, 0.4) is 0 Å². The zero-order valence-corrected chi connectivity index (χ0v) is 9.38. The Morgan fingerprint density at radius 2 is 2.00 bits per heavy atom. The van der Waals surface area contributed by atoms with E-state index in [9.17, 15) is 4.79 Å². The average Bonchev–Trinajstić information content (AvgIpc) is 2.13. The number of amides is 1. The summed E-state index contributed by atoms with van der Waals surface area (Å²) in [7, 11) is 0. The van der Waals surface area contributed by atoms with E-state index in [0.717, 1.165) is 19.4 Å². The molecule has 0 aromatic rings. The average molecular weight is 202 g/mol. The number of ether oxygens (including phenoxy) is 1. The van der Waals surface area contributed by atoms with E-state index in [-0.39, 0.29) is 12.0 Å². The minimum absolute atomic E-state index is 0.131. The molecule has 3 N–H and O–H groups in total. The van der Waals surface area contributed by atoms with E-state index in [1.165, 1.54) is 0 Å². The van der Waals surface area contributed by atoms with Gasteiger partial charge in [-0.05, 0) is 25.7 Å². The Kier molecular flexibility index (Phi) is 7.42. The lowest BCUT2D eigenvalue weighted by atomic mass is 10.1. The van der Waals surface area contributed by atoms with Crippen molar-refractivity contribution in [1.29, 1.82) is 0 Å². The lowest BCUT2D eigenvalue weighted by molar-refractivity contribution is -0.121. The minimum atomic E-state index is -0.135. The lowest BCUT2D eigenvalue weighted by Crippen LogP contribution is -2.30.